The first kappa shape index (κ1) is 14.4. The molecule has 0 fully saturated rings. The molecule has 0 aliphatic heterocycles. The lowest BCUT2D eigenvalue weighted by atomic mass is 10.1. The number of nitrogens with one attached hydrogen (secondary N) is 1. The van der Waals surface area contributed by atoms with Crippen LogP contribution in [0, 0.1) is 6.92 Å². The zero-order chi connectivity index (χ0) is 14.5. The standard InChI is InChI=1S/C17H21NO2/c1-12-7-8-17(20-3)15(9-12)11-18-13(2)14-5-4-6-16(19)10-14/h4-10,13,18-19H,11H2,1-3H3. The number of hydrogen-bond donors (Lipinski definition) is 2. The van der Waals surface area contributed by atoms with Crippen LogP contribution in [0.5, 0.6) is 11.5 Å². The van der Waals surface area contributed by atoms with Crippen molar-refractivity contribution in [2.45, 2.75) is 26.4 Å². The number of methoxy groups -OCH3 is 1. The van der Waals surface area contributed by atoms with Crippen LogP contribution >= 0.6 is 0 Å². The first-order chi connectivity index (χ1) is 9.60. The summed E-state index contributed by atoms with van der Waals surface area (Å²) in [7, 11) is 1.69. The minimum Gasteiger partial charge on any atom is -0.508 e. The fourth-order valence-corrected chi connectivity index (χ4v) is 2.22. The lowest BCUT2D eigenvalue weighted by molar-refractivity contribution is 0.406. The molecule has 0 spiro atoms. The summed E-state index contributed by atoms with van der Waals surface area (Å²) < 4.78 is 5.38. The van der Waals surface area contributed by atoms with Crippen molar-refractivity contribution in [1.82, 2.24) is 5.32 Å². The van der Waals surface area contributed by atoms with E-state index in [1.165, 1.54) is 5.56 Å². The van der Waals surface area contributed by atoms with Crippen LogP contribution in [-0.4, -0.2) is 12.2 Å². The number of benzene rings is 2. The SMILES string of the molecule is COc1ccc(C)cc1CNC(C)c1cccc(O)c1. The Morgan fingerprint density at radius 3 is 2.70 bits per heavy atom. The van der Waals surface area contributed by atoms with Gasteiger partial charge >= 0.3 is 0 Å². The van der Waals surface area contributed by atoms with Crippen molar-refractivity contribution >= 4 is 0 Å². The van der Waals surface area contributed by atoms with Crippen molar-refractivity contribution in [1.29, 1.82) is 0 Å². The Morgan fingerprint density at radius 1 is 1.20 bits per heavy atom. The Kier molecular flexibility index (Phi) is 4.64. The van der Waals surface area contributed by atoms with Gasteiger partial charge in [0.1, 0.15) is 11.5 Å². The van der Waals surface area contributed by atoms with E-state index in [1.807, 2.05) is 24.3 Å². The van der Waals surface area contributed by atoms with E-state index in [4.69, 9.17) is 4.74 Å². The third kappa shape index (κ3) is 3.52. The molecule has 0 amide bonds. The Morgan fingerprint density at radius 2 is 2.00 bits per heavy atom. The van der Waals surface area contributed by atoms with Crippen LogP contribution in [0.3, 0.4) is 0 Å². The highest BCUT2D eigenvalue weighted by molar-refractivity contribution is 5.37. The highest BCUT2D eigenvalue weighted by atomic mass is 16.5. The summed E-state index contributed by atoms with van der Waals surface area (Å²) in [6, 6.07) is 13.6. The van der Waals surface area contributed by atoms with Gasteiger partial charge in [-0.05, 0) is 37.6 Å². The predicted molar refractivity (Wildman–Crippen MR) is 81.1 cm³/mol. The maximum absolute atomic E-state index is 9.52. The molecule has 0 aliphatic rings. The number of phenolic OH excluding ortho intramolecular Hbond substituents is 1. The molecule has 106 valence electrons. The van der Waals surface area contributed by atoms with E-state index in [0.29, 0.717) is 5.75 Å². The van der Waals surface area contributed by atoms with Gasteiger partial charge in [-0.1, -0.05) is 29.8 Å². The molecule has 2 aromatic carbocycles. The van der Waals surface area contributed by atoms with E-state index in [-0.39, 0.29) is 6.04 Å². The Bertz CT molecular complexity index is 581. The number of aromatic hydroxyl groups is 1. The van der Waals surface area contributed by atoms with Crippen molar-refractivity contribution in [2.24, 2.45) is 0 Å². The van der Waals surface area contributed by atoms with Crippen LogP contribution in [0.4, 0.5) is 0 Å². The first-order valence-corrected chi connectivity index (χ1v) is 6.76. The van der Waals surface area contributed by atoms with Gasteiger partial charge in [-0.25, -0.2) is 0 Å². The van der Waals surface area contributed by atoms with Crippen LogP contribution in [0.2, 0.25) is 0 Å². The fraction of sp³-hybridized carbons (Fsp3) is 0.294. The molecule has 2 N–H and O–H groups in total. The summed E-state index contributed by atoms with van der Waals surface area (Å²) in [6.45, 7) is 4.88. The van der Waals surface area contributed by atoms with E-state index >= 15 is 0 Å². The zero-order valence-electron chi connectivity index (χ0n) is 12.2. The summed E-state index contributed by atoms with van der Waals surface area (Å²) in [6.07, 6.45) is 0. The van der Waals surface area contributed by atoms with Crippen molar-refractivity contribution in [3.05, 3.63) is 59.2 Å². The van der Waals surface area contributed by atoms with E-state index < -0.39 is 0 Å². The quantitative estimate of drug-likeness (QED) is 0.873. The topological polar surface area (TPSA) is 41.5 Å². The largest absolute Gasteiger partial charge is 0.508 e. The third-order valence-corrected chi connectivity index (χ3v) is 3.40. The molecule has 2 rings (SSSR count). The molecule has 0 radical (unpaired) electrons. The molecule has 0 bridgehead atoms. The Labute approximate surface area is 120 Å². The molecule has 3 heteroatoms. The van der Waals surface area contributed by atoms with Crippen molar-refractivity contribution < 1.29 is 9.84 Å². The molecule has 0 heterocycles. The average molecular weight is 271 g/mol. The van der Waals surface area contributed by atoms with Crippen LogP contribution in [0.1, 0.15) is 29.7 Å². The molecule has 20 heavy (non-hydrogen) atoms. The van der Waals surface area contributed by atoms with Crippen LogP contribution in [-0.2, 0) is 6.54 Å². The summed E-state index contributed by atoms with van der Waals surface area (Å²) in [4.78, 5) is 0. The number of phenols is 1. The van der Waals surface area contributed by atoms with Gasteiger partial charge in [0.05, 0.1) is 7.11 Å². The lowest BCUT2D eigenvalue weighted by Crippen LogP contribution is -2.18. The van der Waals surface area contributed by atoms with Crippen molar-refractivity contribution in [3.63, 3.8) is 0 Å². The molecule has 1 unspecified atom stereocenters. The molecule has 0 saturated heterocycles. The van der Waals surface area contributed by atoms with Gasteiger partial charge in [-0.3, -0.25) is 0 Å². The van der Waals surface area contributed by atoms with Crippen molar-refractivity contribution in [3.8, 4) is 11.5 Å². The maximum Gasteiger partial charge on any atom is 0.123 e. The number of rotatable bonds is 5. The average Bonchev–Trinajstić information content (AvgIpc) is 2.45. The zero-order valence-corrected chi connectivity index (χ0v) is 12.2. The summed E-state index contributed by atoms with van der Waals surface area (Å²) in [5, 5.41) is 13.0. The van der Waals surface area contributed by atoms with Gasteiger partial charge in [0, 0.05) is 18.2 Å². The smallest absolute Gasteiger partial charge is 0.123 e. The van der Waals surface area contributed by atoms with Gasteiger partial charge in [0.2, 0.25) is 0 Å². The summed E-state index contributed by atoms with van der Waals surface area (Å²) in [5.41, 5.74) is 3.42. The third-order valence-electron chi connectivity index (χ3n) is 3.40. The maximum atomic E-state index is 9.52. The minimum atomic E-state index is 0.160. The minimum absolute atomic E-state index is 0.160. The highest BCUT2D eigenvalue weighted by Gasteiger charge is 2.08. The molecule has 0 aliphatic carbocycles. The van der Waals surface area contributed by atoms with Gasteiger partial charge < -0.3 is 15.2 Å². The molecule has 0 saturated carbocycles. The normalized spacial score (nSPS) is 12.2. The Hall–Kier alpha value is -2.00. The summed E-state index contributed by atoms with van der Waals surface area (Å²) >= 11 is 0. The molecular formula is C17H21NO2. The van der Waals surface area contributed by atoms with E-state index in [1.54, 1.807) is 19.2 Å². The van der Waals surface area contributed by atoms with E-state index in [9.17, 15) is 5.11 Å². The van der Waals surface area contributed by atoms with Gasteiger partial charge in [0.15, 0.2) is 0 Å². The molecule has 3 nitrogen and oxygen atoms in total. The second-order valence-corrected chi connectivity index (χ2v) is 5.01. The van der Waals surface area contributed by atoms with Gasteiger partial charge in [-0.2, -0.15) is 0 Å². The van der Waals surface area contributed by atoms with Crippen LogP contribution in [0.25, 0.3) is 0 Å². The first-order valence-electron chi connectivity index (χ1n) is 6.76. The van der Waals surface area contributed by atoms with E-state index in [2.05, 4.69) is 25.2 Å². The molecule has 2 aromatic rings. The highest BCUT2D eigenvalue weighted by Crippen LogP contribution is 2.22. The fourth-order valence-electron chi connectivity index (χ4n) is 2.22. The van der Waals surface area contributed by atoms with Gasteiger partial charge in [-0.15, -0.1) is 0 Å². The summed E-state index contributed by atoms with van der Waals surface area (Å²) in [5.74, 6) is 1.19. The van der Waals surface area contributed by atoms with Crippen LogP contribution < -0.4 is 10.1 Å². The lowest BCUT2D eigenvalue weighted by Gasteiger charge is -2.16. The number of ether oxygens (including phenoxy) is 1. The monoisotopic (exact) mass is 271 g/mol. The molecule has 1 atom stereocenters. The second-order valence-electron chi connectivity index (χ2n) is 5.01. The second kappa shape index (κ2) is 6.44. The molecule has 0 aromatic heterocycles. The van der Waals surface area contributed by atoms with Crippen molar-refractivity contribution in [2.75, 3.05) is 7.11 Å². The molecular weight excluding hydrogens is 250 g/mol. The number of hydrogen-bond acceptors (Lipinski definition) is 3. The number of aryl methyl sites for hydroxylation is 1. The predicted octanol–water partition coefficient (Wildman–Crippen LogP) is 3.56. The Balaban J connectivity index is 2.06. The van der Waals surface area contributed by atoms with E-state index in [0.717, 1.165) is 23.4 Å². The van der Waals surface area contributed by atoms with Gasteiger partial charge in [0.25, 0.3) is 0 Å². The van der Waals surface area contributed by atoms with Crippen LogP contribution in [0.15, 0.2) is 42.5 Å².